The first-order valence-electron chi connectivity index (χ1n) is 9.26. The zero-order valence-corrected chi connectivity index (χ0v) is 17.4. The van der Waals surface area contributed by atoms with Crippen molar-refractivity contribution in [1.29, 1.82) is 0 Å². The summed E-state index contributed by atoms with van der Waals surface area (Å²) in [7, 11) is 2.04. The number of nitrogens with zero attached hydrogens (tertiary/aromatic N) is 3. The first kappa shape index (κ1) is 20.1. The van der Waals surface area contributed by atoms with Crippen molar-refractivity contribution in [1.82, 2.24) is 4.90 Å². The van der Waals surface area contributed by atoms with Gasteiger partial charge < -0.3 is 14.4 Å². The molecule has 0 bridgehead atoms. The van der Waals surface area contributed by atoms with E-state index in [0.717, 1.165) is 22.4 Å². The predicted molar refractivity (Wildman–Crippen MR) is 111 cm³/mol. The summed E-state index contributed by atoms with van der Waals surface area (Å²) in [4.78, 5) is 21.4. The lowest BCUT2D eigenvalue weighted by molar-refractivity contribution is -0.117. The summed E-state index contributed by atoms with van der Waals surface area (Å²) in [5, 5.41) is 1.05. The topological polar surface area (TPSA) is 54.4 Å². The summed E-state index contributed by atoms with van der Waals surface area (Å²) in [6.45, 7) is 1.84. The maximum Gasteiger partial charge on any atom is 0.231 e. The van der Waals surface area contributed by atoms with Gasteiger partial charge in [-0.2, -0.15) is 0 Å². The molecule has 1 unspecified atom stereocenters. The van der Waals surface area contributed by atoms with E-state index in [-0.39, 0.29) is 31.3 Å². The lowest BCUT2D eigenvalue weighted by Gasteiger charge is -2.33. The van der Waals surface area contributed by atoms with Crippen LogP contribution in [0.2, 0.25) is 0 Å². The van der Waals surface area contributed by atoms with E-state index in [1.165, 1.54) is 32.1 Å². The zero-order valence-electron chi connectivity index (χ0n) is 15.7. The second kappa shape index (κ2) is 8.61. The monoisotopic (exact) mass is 411 g/mol. The van der Waals surface area contributed by atoms with Gasteiger partial charge in [-0.3, -0.25) is 14.7 Å². The van der Waals surface area contributed by atoms with Crippen LogP contribution in [0.1, 0.15) is 39.0 Å². The van der Waals surface area contributed by atoms with Crippen molar-refractivity contribution in [3.63, 3.8) is 0 Å². The molecule has 148 valence electrons. The number of hydrogen-bond acceptors (Lipinski definition) is 5. The number of hydrogen-bond donors (Lipinski definition) is 0. The summed E-state index contributed by atoms with van der Waals surface area (Å²) in [6, 6.07) is 6.11. The fraction of sp³-hybridized carbons (Fsp3) is 0.579. The summed E-state index contributed by atoms with van der Waals surface area (Å²) in [5.74, 6) is 2.25. The van der Waals surface area contributed by atoms with Gasteiger partial charge >= 0.3 is 0 Å². The average molecular weight is 412 g/mol. The number of amidine groups is 1. The SMILES string of the molecule is CC(=O)N(c1ccc2c(c1)OCO2)C1CSC(=NC2CCCCC2)N1C.Cl. The third-order valence-electron chi connectivity index (χ3n) is 5.25. The molecule has 0 aromatic heterocycles. The highest BCUT2D eigenvalue weighted by Crippen LogP contribution is 2.38. The zero-order chi connectivity index (χ0) is 18.1. The Hall–Kier alpha value is -1.60. The molecule has 0 spiro atoms. The van der Waals surface area contributed by atoms with Gasteiger partial charge in [0.25, 0.3) is 0 Å². The van der Waals surface area contributed by atoms with Crippen molar-refractivity contribution >= 4 is 40.9 Å². The van der Waals surface area contributed by atoms with Crippen LogP contribution < -0.4 is 14.4 Å². The van der Waals surface area contributed by atoms with Crippen LogP contribution in [0.5, 0.6) is 11.5 Å². The van der Waals surface area contributed by atoms with Gasteiger partial charge in [0.1, 0.15) is 6.17 Å². The summed E-state index contributed by atoms with van der Waals surface area (Å²) >= 11 is 1.74. The van der Waals surface area contributed by atoms with Crippen LogP contribution in [-0.4, -0.2) is 47.8 Å². The van der Waals surface area contributed by atoms with Crippen LogP contribution in [0.15, 0.2) is 23.2 Å². The number of benzene rings is 1. The van der Waals surface area contributed by atoms with Crippen molar-refractivity contribution in [2.24, 2.45) is 4.99 Å². The average Bonchev–Trinajstić information content (AvgIpc) is 3.24. The number of thioether (sulfide) groups is 1. The molecular weight excluding hydrogens is 386 g/mol. The largest absolute Gasteiger partial charge is 0.454 e. The highest BCUT2D eigenvalue weighted by molar-refractivity contribution is 8.14. The molecule has 0 radical (unpaired) electrons. The Morgan fingerprint density at radius 2 is 1.96 bits per heavy atom. The van der Waals surface area contributed by atoms with Crippen LogP contribution in [0, 0.1) is 0 Å². The quantitative estimate of drug-likeness (QED) is 0.755. The van der Waals surface area contributed by atoms with Crippen LogP contribution in [0.3, 0.4) is 0 Å². The second-order valence-corrected chi connectivity index (χ2v) is 8.02. The summed E-state index contributed by atoms with van der Waals surface area (Å²) in [5.41, 5.74) is 0.832. The molecule has 1 saturated carbocycles. The Bertz CT molecular complexity index is 724. The first-order chi connectivity index (χ1) is 12.6. The van der Waals surface area contributed by atoms with Crippen molar-refractivity contribution in [3.05, 3.63) is 18.2 Å². The maximum atomic E-state index is 12.5. The van der Waals surface area contributed by atoms with Gasteiger partial charge in [-0.05, 0) is 25.0 Å². The smallest absolute Gasteiger partial charge is 0.231 e. The molecule has 8 heteroatoms. The van der Waals surface area contributed by atoms with Gasteiger partial charge in [-0.15, -0.1) is 12.4 Å². The number of carbonyl (C=O) groups excluding carboxylic acids is 1. The number of rotatable bonds is 3. The van der Waals surface area contributed by atoms with E-state index in [2.05, 4.69) is 4.90 Å². The molecule has 2 heterocycles. The molecule has 1 amide bonds. The lowest BCUT2D eigenvalue weighted by Crippen LogP contribution is -2.48. The molecule has 1 saturated heterocycles. The van der Waals surface area contributed by atoms with Gasteiger partial charge in [0, 0.05) is 31.5 Å². The lowest BCUT2D eigenvalue weighted by atomic mass is 9.96. The summed E-state index contributed by atoms with van der Waals surface area (Å²) in [6.07, 6.45) is 6.20. The normalized spacial score (nSPS) is 23.4. The van der Waals surface area contributed by atoms with Crippen molar-refractivity contribution < 1.29 is 14.3 Å². The van der Waals surface area contributed by atoms with E-state index >= 15 is 0 Å². The minimum atomic E-state index is -0.0415. The highest BCUT2D eigenvalue weighted by Gasteiger charge is 2.35. The third-order valence-corrected chi connectivity index (χ3v) is 6.37. The molecule has 1 aliphatic carbocycles. The standard InChI is InChI=1S/C19H25N3O3S.ClH/c1-13(23)22(15-8-9-16-17(10-15)25-12-24-16)18-11-26-19(21(18)2)20-14-6-4-3-5-7-14;/h8-10,14,18H,3-7,11-12H2,1-2H3;1H. The Balaban J connectivity index is 0.00000210. The van der Waals surface area contributed by atoms with Crippen LogP contribution in [0.25, 0.3) is 0 Å². The molecule has 1 aromatic rings. The highest BCUT2D eigenvalue weighted by atomic mass is 35.5. The Morgan fingerprint density at radius 3 is 2.70 bits per heavy atom. The van der Waals surface area contributed by atoms with E-state index in [1.54, 1.807) is 18.7 Å². The van der Waals surface area contributed by atoms with Gasteiger partial charge in [0.15, 0.2) is 16.7 Å². The fourth-order valence-corrected chi connectivity index (χ4v) is 5.05. The molecule has 3 aliphatic rings. The summed E-state index contributed by atoms with van der Waals surface area (Å²) < 4.78 is 10.9. The molecule has 2 aliphatic heterocycles. The predicted octanol–water partition coefficient (Wildman–Crippen LogP) is 3.88. The molecule has 1 aromatic carbocycles. The number of amides is 1. The van der Waals surface area contributed by atoms with Gasteiger partial charge in [-0.1, -0.05) is 31.0 Å². The van der Waals surface area contributed by atoms with Crippen molar-refractivity contribution in [2.45, 2.75) is 51.2 Å². The van der Waals surface area contributed by atoms with E-state index < -0.39 is 0 Å². The number of ether oxygens (including phenoxy) is 2. The Morgan fingerprint density at radius 1 is 1.22 bits per heavy atom. The minimum Gasteiger partial charge on any atom is -0.454 e. The van der Waals surface area contributed by atoms with Gasteiger partial charge in [0.05, 0.1) is 6.04 Å². The van der Waals surface area contributed by atoms with Crippen LogP contribution in [-0.2, 0) is 4.79 Å². The number of carbonyl (C=O) groups is 1. The molecule has 4 rings (SSSR count). The number of fused-ring (bicyclic) bond motifs is 1. The van der Waals surface area contributed by atoms with E-state index in [4.69, 9.17) is 14.5 Å². The molecule has 0 N–H and O–H groups in total. The molecule has 2 fully saturated rings. The van der Waals surface area contributed by atoms with Gasteiger partial charge in [0.2, 0.25) is 12.7 Å². The van der Waals surface area contributed by atoms with Crippen molar-refractivity contribution in [3.8, 4) is 11.5 Å². The molecule has 1 atom stereocenters. The number of anilines is 1. The Labute approximate surface area is 170 Å². The molecular formula is C19H26ClN3O3S. The molecule has 27 heavy (non-hydrogen) atoms. The number of aliphatic imine (C=N–C) groups is 1. The van der Waals surface area contributed by atoms with Crippen molar-refractivity contribution in [2.75, 3.05) is 24.5 Å². The fourth-order valence-electron chi connectivity index (χ4n) is 3.83. The number of halogens is 1. The van der Waals surface area contributed by atoms with E-state index in [1.807, 2.05) is 30.1 Å². The second-order valence-electron chi connectivity index (χ2n) is 7.03. The molecule has 6 nitrogen and oxygen atoms in total. The van der Waals surface area contributed by atoms with E-state index in [9.17, 15) is 4.79 Å². The first-order valence-corrected chi connectivity index (χ1v) is 10.2. The van der Waals surface area contributed by atoms with Crippen LogP contribution >= 0.6 is 24.2 Å². The van der Waals surface area contributed by atoms with Crippen LogP contribution in [0.4, 0.5) is 5.69 Å². The Kier molecular flexibility index (Phi) is 6.42. The maximum absolute atomic E-state index is 12.5. The van der Waals surface area contributed by atoms with Gasteiger partial charge in [-0.25, -0.2) is 0 Å². The third kappa shape index (κ3) is 4.14. The van der Waals surface area contributed by atoms with E-state index in [0.29, 0.717) is 11.8 Å². The minimum absolute atomic E-state index is 0.